The van der Waals surface area contributed by atoms with Gasteiger partial charge in [-0.25, -0.2) is 0 Å². The predicted molar refractivity (Wildman–Crippen MR) is 181 cm³/mol. The van der Waals surface area contributed by atoms with E-state index in [2.05, 4.69) is 157 Å². The molecule has 9 rings (SSSR count). The molecule has 0 bridgehead atoms. The van der Waals surface area contributed by atoms with Gasteiger partial charge in [0.2, 0.25) is 0 Å². The van der Waals surface area contributed by atoms with E-state index in [-0.39, 0.29) is 0 Å². The van der Waals surface area contributed by atoms with Crippen LogP contribution in [0.15, 0.2) is 146 Å². The summed E-state index contributed by atoms with van der Waals surface area (Å²) in [5, 5.41) is 13.0. The number of aryl methyl sites for hydroxylation is 1. The Kier molecular flexibility index (Phi) is 4.88. The minimum atomic E-state index is 1.18. The lowest BCUT2D eigenvalue weighted by Gasteiger charge is -2.14. The molecular weight excluding hydrogens is 506 g/mol. The Morgan fingerprint density at radius 3 is 1.64 bits per heavy atom. The molecule has 9 aromatic rings. The smallest absolute Gasteiger partial charge is 0.0541 e. The number of fused-ring (bicyclic) bond motifs is 10. The summed E-state index contributed by atoms with van der Waals surface area (Å²) in [5.41, 5.74) is 7.42. The van der Waals surface area contributed by atoms with Gasteiger partial charge in [0.25, 0.3) is 0 Å². The third-order valence-corrected chi connectivity index (χ3v) is 9.01. The molecule has 0 fully saturated rings. The molecule has 1 heterocycles. The molecule has 0 radical (unpaired) electrons. The van der Waals surface area contributed by atoms with Crippen molar-refractivity contribution >= 4 is 64.9 Å². The van der Waals surface area contributed by atoms with Crippen molar-refractivity contribution in [1.29, 1.82) is 0 Å². The Hall–Kier alpha value is -5.40. The average Bonchev–Trinajstić information content (AvgIpc) is 3.38. The van der Waals surface area contributed by atoms with E-state index in [0.717, 1.165) is 0 Å². The Morgan fingerprint density at radius 1 is 0.381 bits per heavy atom. The van der Waals surface area contributed by atoms with E-state index >= 15 is 0 Å². The molecule has 0 spiro atoms. The van der Waals surface area contributed by atoms with E-state index in [1.165, 1.54) is 87.3 Å². The first-order valence-electron chi connectivity index (χ1n) is 14.6. The van der Waals surface area contributed by atoms with E-state index in [9.17, 15) is 0 Å². The molecule has 1 aromatic heterocycles. The Morgan fingerprint density at radius 2 is 0.952 bits per heavy atom. The number of rotatable bonds is 2. The van der Waals surface area contributed by atoms with E-state index in [1.54, 1.807) is 0 Å². The summed E-state index contributed by atoms with van der Waals surface area (Å²) in [5.74, 6) is 0. The molecule has 0 aliphatic heterocycles. The fourth-order valence-electron chi connectivity index (χ4n) is 7.08. The van der Waals surface area contributed by atoms with Gasteiger partial charge in [-0.3, -0.25) is 0 Å². The Labute approximate surface area is 243 Å². The van der Waals surface area contributed by atoms with Gasteiger partial charge < -0.3 is 4.57 Å². The first kappa shape index (κ1) is 23.3. The first-order valence-corrected chi connectivity index (χ1v) is 14.6. The summed E-state index contributed by atoms with van der Waals surface area (Å²) < 4.78 is 2.38. The highest BCUT2D eigenvalue weighted by Crippen LogP contribution is 2.40. The maximum absolute atomic E-state index is 2.42. The van der Waals surface area contributed by atoms with Crippen LogP contribution in [0.2, 0.25) is 0 Å². The highest BCUT2D eigenvalue weighted by molar-refractivity contribution is 6.27. The zero-order chi connectivity index (χ0) is 27.8. The minimum absolute atomic E-state index is 1.18. The molecular formula is C41H27N. The van der Waals surface area contributed by atoms with Crippen LogP contribution in [0.3, 0.4) is 0 Å². The van der Waals surface area contributed by atoms with Crippen LogP contribution in [-0.2, 0) is 0 Å². The van der Waals surface area contributed by atoms with Gasteiger partial charge in [0.15, 0.2) is 0 Å². The second-order valence-corrected chi connectivity index (χ2v) is 11.4. The highest BCUT2D eigenvalue weighted by Gasteiger charge is 2.14. The molecule has 0 amide bonds. The lowest BCUT2D eigenvalue weighted by Crippen LogP contribution is -1.93. The van der Waals surface area contributed by atoms with Crippen molar-refractivity contribution in [3.05, 3.63) is 151 Å². The van der Waals surface area contributed by atoms with E-state index in [0.29, 0.717) is 0 Å². The van der Waals surface area contributed by atoms with Gasteiger partial charge in [0.1, 0.15) is 0 Å². The summed E-state index contributed by atoms with van der Waals surface area (Å²) >= 11 is 0. The van der Waals surface area contributed by atoms with Gasteiger partial charge >= 0.3 is 0 Å². The van der Waals surface area contributed by atoms with E-state index < -0.39 is 0 Å². The zero-order valence-corrected chi connectivity index (χ0v) is 23.3. The van der Waals surface area contributed by atoms with Crippen molar-refractivity contribution in [3.8, 4) is 16.8 Å². The largest absolute Gasteiger partial charge is 0.309 e. The predicted octanol–water partition coefficient (Wildman–Crippen LogP) is 11.4. The van der Waals surface area contributed by atoms with Gasteiger partial charge in [-0.15, -0.1) is 0 Å². The summed E-state index contributed by atoms with van der Waals surface area (Å²) in [6, 6.07) is 53.7. The molecule has 0 saturated heterocycles. The maximum atomic E-state index is 2.42. The molecule has 1 heteroatoms. The quantitative estimate of drug-likeness (QED) is 0.154. The SMILES string of the molecule is Cc1ccc2c(c1)c1ccccc1c1cc3cccc(-c4ccc(-n5c6ccccc6c6ccccc65)cc4)c3cc21. The fourth-order valence-corrected chi connectivity index (χ4v) is 7.08. The van der Waals surface area contributed by atoms with Crippen molar-refractivity contribution in [2.45, 2.75) is 6.92 Å². The van der Waals surface area contributed by atoms with Crippen LogP contribution in [0.5, 0.6) is 0 Å². The van der Waals surface area contributed by atoms with Gasteiger partial charge in [-0.2, -0.15) is 0 Å². The van der Waals surface area contributed by atoms with Gasteiger partial charge in [0, 0.05) is 16.5 Å². The fraction of sp³-hybridized carbons (Fsp3) is 0.0244. The molecule has 1 nitrogen and oxygen atoms in total. The number of aromatic nitrogens is 1. The van der Waals surface area contributed by atoms with Crippen molar-refractivity contribution in [2.75, 3.05) is 0 Å². The normalized spacial score (nSPS) is 11.9. The van der Waals surface area contributed by atoms with Crippen LogP contribution in [0.4, 0.5) is 0 Å². The molecule has 0 unspecified atom stereocenters. The Bertz CT molecular complexity index is 2460. The van der Waals surface area contributed by atoms with Crippen LogP contribution in [-0.4, -0.2) is 4.57 Å². The molecule has 0 aliphatic rings. The number of para-hydroxylation sites is 2. The lowest BCUT2D eigenvalue weighted by atomic mass is 9.89. The third kappa shape index (κ3) is 3.31. The number of hydrogen-bond donors (Lipinski definition) is 0. The molecule has 8 aromatic carbocycles. The van der Waals surface area contributed by atoms with Crippen LogP contribution in [0.25, 0.3) is 81.7 Å². The second kappa shape index (κ2) is 8.80. The van der Waals surface area contributed by atoms with Crippen molar-refractivity contribution in [1.82, 2.24) is 4.57 Å². The van der Waals surface area contributed by atoms with Crippen LogP contribution in [0.1, 0.15) is 5.56 Å². The molecule has 196 valence electrons. The molecule has 0 aliphatic carbocycles. The summed E-state index contributed by atoms with van der Waals surface area (Å²) in [4.78, 5) is 0. The molecule has 42 heavy (non-hydrogen) atoms. The topological polar surface area (TPSA) is 4.93 Å². The number of hydrogen-bond acceptors (Lipinski definition) is 0. The standard InChI is InChI=1S/C41H27N/c1-26-17-22-33-37(23-26)31-10-2-3-11-32(31)38-24-28-9-8-14-30(36(28)25-39(33)38)27-18-20-29(21-19-27)42-40-15-6-4-12-34(40)35-13-5-7-16-41(35)42/h2-25H,1H3. The van der Waals surface area contributed by atoms with E-state index in [1.807, 2.05) is 0 Å². The first-order chi connectivity index (χ1) is 20.7. The summed E-state index contributed by atoms with van der Waals surface area (Å²) in [6.45, 7) is 2.18. The molecule has 0 N–H and O–H groups in total. The van der Waals surface area contributed by atoms with E-state index in [4.69, 9.17) is 0 Å². The maximum Gasteiger partial charge on any atom is 0.0541 e. The third-order valence-electron chi connectivity index (χ3n) is 9.01. The number of nitrogens with zero attached hydrogens (tertiary/aromatic N) is 1. The van der Waals surface area contributed by atoms with Crippen LogP contribution in [0, 0.1) is 6.92 Å². The minimum Gasteiger partial charge on any atom is -0.309 e. The zero-order valence-electron chi connectivity index (χ0n) is 23.3. The monoisotopic (exact) mass is 533 g/mol. The lowest BCUT2D eigenvalue weighted by molar-refractivity contribution is 1.18. The van der Waals surface area contributed by atoms with Gasteiger partial charge in [-0.1, -0.05) is 115 Å². The second-order valence-electron chi connectivity index (χ2n) is 11.4. The van der Waals surface area contributed by atoms with Crippen LogP contribution < -0.4 is 0 Å². The average molecular weight is 534 g/mol. The van der Waals surface area contributed by atoms with Crippen molar-refractivity contribution in [3.63, 3.8) is 0 Å². The summed E-state index contributed by atoms with van der Waals surface area (Å²) in [7, 11) is 0. The molecule has 0 atom stereocenters. The summed E-state index contributed by atoms with van der Waals surface area (Å²) in [6.07, 6.45) is 0. The van der Waals surface area contributed by atoms with Crippen LogP contribution >= 0.6 is 0 Å². The number of benzene rings is 8. The Balaban J connectivity index is 1.26. The molecule has 0 saturated carbocycles. The van der Waals surface area contributed by atoms with Crippen molar-refractivity contribution < 1.29 is 0 Å². The highest BCUT2D eigenvalue weighted by atomic mass is 15.0. The van der Waals surface area contributed by atoms with Crippen molar-refractivity contribution in [2.24, 2.45) is 0 Å². The van der Waals surface area contributed by atoms with Gasteiger partial charge in [-0.05, 0) is 97.5 Å². The van der Waals surface area contributed by atoms with Gasteiger partial charge in [0.05, 0.1) is 11.0 Å².